The number of hydrogen-bond donors (Lipinski definition) is 2. The summed E-state index contributed by atoms with van der Waals surface area (Å²) in [6.07, 6.45) is 7.81. The van der Waals surface area contributed by atoms with Gasteiger partial charge in [-0.15, -0.1) is 0 Å². The maximum Gasteiger partial charge on any atom is 0.461 e. The van der Waals surface area contributed by atoms with E-state index in [-0.39, 0.29) is 25.5 Å². The normalized spacial score (nSPS) is 17.7. The number of aliphatic hydroxyl groups is 1. The third-order valence-corrected chi connectivity index (χ3v) is 6.86. The lowest BCUT2D eigenvalue weighted by molar-refractivity contribution is 0.159. The molecule has 0 aliphatic carbocycles. The summed E-state index contributed by atoms with van der Waals surface area (Å²) in [7, 11) is -0.257. The van der Waals surface area contributed by atoms with Crippen molar-refractivity contribution >= 4 is 7.12 Å². The first-order valence-corrected chi connectivity index (χ1v) is 13.0. The van der Waals surface area contributed by atoms with Gasteiger partial charge in [0.05, 0.1) is 0 Å². The fourth-order valence-electron chi connectivity index (χ4n) is 5.21. The largest absolute Gasteiger partial charge is 0.461 e. The highest BCUT2D eigenvalue weighted by molar-refractivity contribution is 6.47. The van der Waals surface area contributed by atoms with E-state index in [2.05, 4.69) is 72.9 Å². The van der Waals surface area contributed by atoms with Crippen LogP contribution in [-0.4, -0.2) is 45.1 Å². The summed E-state index contributed by atoms with van der Waals surface area (Å²) in [5, 5.41) is 13.1. The van der Waals surface area contributed by atoms with Crippen molar-refractivity contribution in [1.29, 1.82) is 0 Å². The van der Waals surface area contributed by atoms with E-state index >= 15 is 0 Å². The smallest absolute Gasteiger partial charge is 0.410 e. The minimum Gasteiger partial charge on any atom is -0.410 e. The predicted octanol–water partition coefficient (Wildman–Crippen LogP) is 5.79. The molecule has 2 aromatic carbocycles. The van der Waals surface area contributed by atoms with Gasteiger partial charge >= 0.3 is 7.12 Å². The Kier molecular flexibility index (Phi) is 12.0. The lowest BCUT2D eigenvalue weighted by atomic mass is 9.54. The molecule has 2 aromatic rings. The topological polar surface area (TPSA) is 50.7 Å². The van der Waals surface area contributed by atoms with Gasteiger partial charge in [0, 0.05) is 38.7 Å². The first kappa shape index (κ1) is 26.0. The maximum absolute atomic E-state index is 9.72. The Morgan fingerprint density at radius 1 is 0.788 bits per heavy atom. The molecule has 1 aliphatic rings. The van der Waals surface area contributed by atoms with Gasteiger partial charge in [-0.1, -0.05) is 93.3 Å². The zero-order valence-corrected chi connectivity index (χ0v) is 20.3. The third-order valence-electron chi connectivity index (χ3n) is 6.86. The predicted molar refractivity (Wildman–Crippen MR) is 138 cm³/mol. The molecule has 3 atom stereocenters. The van der Waals surface area contributed by atoms with Crippen molar-refractivity contribution in [3.05, 3.63) is 71.8 Å². The molecular weight excluding hydrogens is 409 g/mol. The summed E-state index contributed by atoms with van der Waals surface area (Å²) in [6.45, 7) is 5.48. The van der Waals surface area contributed by atoms with Gasteiger partial charge in [-0.2, -0.15) is 0 Å². The van der Waals surface area contributed by atoms with Gasteiger partial charge in [0.1, 0.15) is 0 Å². The third kappa shape index (κ3) is 8.26. The quantitative estimate of drug-likeness (QED) is 0.299. The molecule has 0 bridgehead atoms. The number of hydrogen-bond acceptors (Lipinski definition) is 4. The molecule has 1 aliphatic heterocycles. The average molecular weight is 451 g/mol. The van der Waals surface area contributed by atoms with Crippen LogP contribution in [-0.2, 0) is 9.31 Å². The molecule has 5 heteroatoms. The van der Waals surface area contributed by atoms with E-state index in [1.165, 1.54) is 36.8 Å². The van der Waals surface area contributed by atoms with Gasteiger partial charge in [-0.25, -0.2) is 0 Å². The van der Waals surface area contributed by atoms with Crippen LogP contribution in [0.3, 0.4) is 0 Å². The second-order valence-electron chi connectivity index (χ2n) is 9.19. The zero-order valence-electron chi connectivity index (χ0n) is 20.3. The lowest BCUT2D eigenvalue weighted by Gasteiger charge is -2.38. The molecule has 1 saturated heterocycles. The Bertz CT molecular complexity index is 737. The second-order valence-corrected chi connectivity index (χ2v) is 9.19. The van der Waals surface area contributed by atoms with Crippen molar-refractivity contribution in [2.24, 2.45) is 0 Å². The summed E-state index contributed by atoms with van der Waals surface area (Å²) < 4.78 is 12.8. The summed E-state index contributed by atoms with van der Waals surface area (Å²) >= 11 is 0. The first-order chi connectivity index (χ1) is 16.3. The van der Waals surface area contributed by atoms with Crippen LogP contribution < -0.4 is 5.32 Å². The zero-order chi connectivity index (χ0) is 23.1. The highest BCUT2D eigenvalue weighted by Gasteiger charge is 2.43. The van der Waals surface area contributed by atoms with E-state index in [1.807, 2.05) is 0 Å². The summed E-state index contributed by atoms with van der Waals surface area (Å²) in [5.74, 6) is 0.775. The molecule has 0 amide bonds. The second kappa shape index (κ2) is 15.3. The summed E-state index contributed by atoms with van der Waals surface area (Å²) in [4.78, 5) is 0. The molecule has 180 valence electrons. The molecule has 1 heterocycles. The molecule has 0 spiro atoms. The van der Waals surface area contributed by atoms with Gasteiger partial charge in [-0.3, -0.25) is 0 Å². The minimum absolute atomic E-state index is 0.182. The molecule has 2 N–H and O–H groups in total. The van der Waals surface area contributed by atoms with Gasteiger partial charge in [0.15, 0.2) is 0 Å². The molecule has 4 nitrogen and oxygen atoms in total. The minimum atomic E-state index is -0.257. The molecular formula is C28H42BNO3. The van der Waals surface area contributed by atoms with Crippen molar-refractivity contribution in [2.75, 3.05) is 32.9 Å². The van der Waals surface area contributed by atoms with Crippen LogP contribution >= 0.6 is 0 Å². The van der Waals surface area contributed by atoms with Crippen molar-refractivity contribution in [2.45, 2.75) is 69.5 Å². The van der Waals surface area contributed by atoms with Crippen molar-refractivity contribution in [3.8, 4) is 0 Å². The lowest BCUT2D eigenvalue weighted by Crippen LogP contribution is -2.42. The van der Waals surface area contributed by atoms with Crippen molar-refractivity contribution < 1.29 is 14.4 Å². The van der Waals surface area contributed by atoms with E-state index in [0.717, 1.165) is 32.4 Å². The molecule has 0 radical (unpaired) electrons. The number of rotatable bonds is 13. The summed E-state index contributed by atoms with van der Waals surface area (Å²) in [6, 6.07) is 21.8. The Balaban J connectivity index is 2.00. The van der Waals surface area contributed by atoms with Gasteiger partial charge in [0.2, 0.25) is 0 Å². The Labute approximate surface area is 201 Å². The fraction of sp³-hybridized carbons (Fsp3) is 0.571. The van der Waals surface area contributed by atoms with E-state index in [4.69, 9.17) is 9.31 Å². The van der Waals surface area contributed by atoms with E-state index in [9.17, 15) is 5.11 Å². The van der Waals surface area contributed by atoms with Gasteiger partial charge < -0.3 is 19.7 Å². The maximum atomic E-state index is 9.72. The molecule has 0 aromatic heterocycles. The molecule has 0 saturated carbocycles. The van der Waals surface area contributed by atoms with Crippen LogP contribution in [0.15, 0.2) is 60.7 Å². The average Bonchev–Trinajstić information content (AvgIpc) is 2.84. The fourth-order valence-corrected chi connectivity index (χ4v) is 5.21. The van der Waals surface area contributed by atoms with Crippen LogP contribution in [0.25, 0.3) is 0 Å². The van der Waals surface area contributed by atoms with Crippen molar-refractivity contribution in [1.82, 2.24) is 5.32 Å². The number of unbranched alkanes of at least 4 members (excludes halogenated alkanes) is 3. The SMILES string of the molecule is CCCCCCC(c1ccccc1)C(B1OCCNCCO1)C(CCCO)c1ccccc1. The van der Waals surface area contributed by atoms with E-state index in [1.54, 1.807) is 0 Å². The van der Waals surface area contributed by atoms with Crippen LogP contribution in [0.4, 0.5) is 0 Å². The Hall–Kier alpha value is -1.66. The van der Waals surface area contributed by atoms with Crippen LogP contribution in [0.2, 0.25) is 5.82 Å². The number of aliphatic hydroxyl groups excluding tert-OH is 1. The van der Waals surface area contributed by atoms with Gasteiger partial charge in [-0.05, 0) is 42.2 Å². The van der Waals surface area contributed by atoms with Crippen LogP contribution in [0.1, 0.15) is 74.8 Å². The summed E-state index contributed by atoms with van der Waals surface area (Å²) in [5.41, 5.74) is 2.69. The van der Waals surface area contributed by atoms with Gasteiger partial charge in [0.25, 0.3) is 0 Å². The Morgan fingerprint density at radius 2 is 1.33 bits per heavy atom. The van der Waals surface area contributed by atoms with Crippen LogP contribution in [0, 0.1) is 0 Å². The number of benzene rings is 2. The highest BCUT2D eigenvalue weighted by Crippen LogP contribution is 2.48. The first-order valence-electron chi connectivity index (χ1n) is 13.0. The standard InChI is InChI=1S/C28H42BNO3/c1-2-3-4-11-17-26(24-13-7-5-8-14-24)28(29-32-22-19-30-20-23-33-29)27(18-12-21-31)25-15-9-6-10-16-25/h5-10,13-16,26-28,30-31H,2-4,11-12,17-23H2,1H3. The molecule has 3 rings (SSSR count). The van der Waals surface area contributed by atoms with E-state index < -0.39 is 0 Å². The Morgan fingerprint density at radius 3 is 1.85 bits per heavy atom. The van der Waals surface area contributed by atoms with Crippen LogP contribution in [0.5, 0.6) is 0 Å². The number of nitrogens with one attached hydrogen (secondary N) is 1. The molecule has 3 unspecified atom stereocenters. The molecule has 1 fully saturated rings. The van der Waals surface area contributed by atoms with E-state index in [0.29, 0.717) is 19.1 Å². The highest BCUT2D eigenvalue weighted by atomic mass is 16.6. The molecule has 33 heavy (non-hydrogen) atoms. The van der Waals surface area contributed by atoms with Crippen molar-refractivity contribution in [3.63, 3.8) is 0 Å². The monoisotopic (exact) mass is 451 g/mol.